The number of hydrogen-bond donors (Lipinski definition) is 1. The Hall–Kier alpha value is -3.88. The molecule has 0 aliphatic carbocycles. The molecule has 39 heavy (non-hydrogen) atoms. The van der Waals surface area contributed by atoms with Crippen LogP contribution in [-0.4, -0.2) is 37.0 Å². The Kier molecular flexibility index (Phi) is 9.72. The number of nitrogens with zero attached hydrogens (tertiary/aromatic N) is 3. The van der Waals surface area contributed by atoms with E-state index in [2.05, 4.69) is 18.9 Å². The fraction of sp³-hybridized carbons (Fsp3) is 0.467. The number of carboxylic acids is 1. The predicted octanol–water partition coefficient (Wildman–Crippen LogP) is 5.70. The second-order valence-corrected chi connectivity index (χ2v) is 10.4. The summed E-state index contributed by atoms with van der Waals surface area (Å²) in [6.07, 6.45) is 2.65. The maximum Gasteiger partial charge on any atom is 0.347 e. The van der Waals surface area contributed by atoms with Gasteiger partial charge in [0.05, 0.1) is 12.1 Å². The average molecular weight is 538 g/mol. The van der Waals surface area contributed by atoms with E-state index in [1.54, 1.807) is 11.5 Å². The molecule has 0 saturated heterocycles. The van der Waals surface area contributed by atoms with Crippen LogP contribution in [0.3, 0.4) is 0 Å². The molecule has 9 nitrogen and oxygen atoms in total. The second kappa shape index (κ2) is 12.8. The van der Waals surface area contributed by atoms with Gasteiger partial charge in [0.25, 0.3) is 0 Å². The van der Waals surface area contributed by atoms with E-state index in [0.717, 1.165) is 36.8 Å². The summed E-state index contributed by atoms with van der Waals surface area (Å²) >= 11 is 0. The first-order valence-electron chi connectivity index (χ1n) is 13.4. The minimum absolute atomic E-state index is 0.0514. The molecule has 0 radical (unpaired) electrons. The number of ether oxygens (including phenoxy) is 2. The monoisotopic (exact) mass is 537 g/mol. The molecule has 1 heterocycles. The molecule has 3 rings (SSSR count). The van der Waals surface area contributed by atoms with Crippen molar-refractivity contribution in [1.82, 2.24) is 14.3 Å². The number of esters is 1. The first kappa shape index (κ1) is 29.7. The van der Waals surface area contributed by atoms with Crippen LogP contribution in [0.5, 0.6) is 5.75 Å². The van der Waals surface area contributed by atoms with Gasteiger partial charge in [0.2, 0.25) is 0 Å². The van der Waals surface area contributed by atoms with E-state index in [1.165, 1.54) is 42.8 Å². The Labute approximate surface area is 229 Å². The lowest BCUT2D eigenvalue weighted by molar-refractivity contribution is -0.152. The predicted molar refractivity (Wildman–Crippen MR) is 148 cm³/mol. The van der Waals surface area contributed by atoms with Gasteiger partial charge < -0.3 is 14.6 Å². The van der Waals surface area contributed by atoms with E-state index in [9.17, 15) is 19.5 Å². The molecule has 0 fully saturated rings. The van der Waals surface area contributed by atoms with Crippen molar-refractivity contribution in [3.05, 3.63) is 81.5 Å². The number of carboxylic acid groups (broad SMARTS) is 1. The summed E-state index contributed by atoms with van der Waals surface area (Å²) in [4.78, 5) is 37.9. The van der Waals surface area contributed by atoms with Crippen LogP contribution in [0, 0.1) is 6.92 Å². The minimum atomic E-state index is -1.41. The highest BCUT2D eigenvalue weighted by Crippen LogP contribution is 2.26. The van der Waals surface area contributed by atoms with Crippen molar-refractivity contribution in [2.75, 3.05) is 0 Å². The van der Waals surface area contributed by atoms with Crippen LogP contribution < -0.4 is 10.4 Å². The fourth-order valence-electron chi connectivity index (χ4n) is 4.37. The van der Waals surface area contributed by atoms with Gasteiger partial charge in [0.1, 0.15) is 5.75 Å². The molecule has 0 aliphatic heterocycles. The number of carbonyl (C=O) groups excluding carboxylic acids is 1. The molecular formula is C30H39N3O6. The van der Waals surface area contributed by atoms with E-state index in [1.807, 2.05) is 31.2 Å². The number of aryl methyl sites for hydroxylation is 1. The highest BCUT2D eigenvalue weighted by Gasteiger charge is 2.30. The Balaban J connectivity index is 1.87. The molecule has 0 aliphatic rings. The van der Waals surface area contributed by atoms with E-state index in [-0.39, 0.29) is 17.3 Å². The van der Waals surface area contributed by atoms with Crippen LogP contribution in [0.1, 0.15) is 99.8 Å². The summed E-state index contributed by atoms with van der Waals surface area (Å²) in [6, 6.07) is 14.0. The average Bonchev–Trinajstić information content (AvgIpc) is 3.21. The molecule has 0 saturated carbocycles. The molecule has 1 unspecified atom stereocenters. The van der Waals surface area contributed by atoms with Crippen LogP contribution in [0.4, 0.5) is 0 Å². The molecule has 0 amide bonds. The van der Waals surface area contributed by atoms with Gasteiger partial charge in [0, 0.05) is 6.04 Å². The highest BCUT2D eigenvalue weighted by atomic mass is 16.5. The number of benzene rings is 2. The first-order chi connectivity index (χ1) is 18.5. The Morgan fingerprint density at radius 3 is 2.13 bits per heavy atom. The number of hydrogen-bond acceptors (Lipinski definition) is 6. The molecule has 0 bridgehead atoms. The summed E-state index contributed by atoms with van der Waals surface area (Å²) in [6.45, 7) is 11.1. The van der Waals surface area contributed by atoms with Crippen molar-refractivity contribution in [2.24, 2.45) is 0 Å². The molecule has 210 valence electrons. The van der Waals surface area contributed by atoms with Gasteiger partial charge in [-0.25, -0.2) is 19.1 Å². The molecule has 1 N–H and O–H groups in total. The van der Waals surface area contributed by atoms with Crippen LogP contribution >= 0.6 is 0 Å². The maximum absolute atomic E-state index is 13.6. The summed E-state index contributed by atoms with van der Waals surface area (Å²) < 4.78 is 14.4. The third-order valence-corrected chi connectivity index (χ3v) is 6.58. The first-order valence-corrected chi connectivity index (χ1v) is 13.4. The van der Waals surface area contributed by atoms with Gasteiger partial charge in [-0.15, -0.1) is 0 Å². The van der Waals surface area contributed by atoms with Gasteiger partial charge in [-0.05, 0) is 70.4 Å². The van der Waals surface area contributed by atoms with E-state index in [4.69, 9.17) is 9.47 Å². The topological polar surface area (TPSA) is 113 Å². The maximum atomic E-state index is 13.6. The molecular weight excluding hydrogens is 498 g/mol. The van der Waals surface area contributed by atoms with E-state index >= 15 is 0 Å². The normalized spacial score (nSPS) is 12.4. The highest BCUT2D eigenvalue weighted by molar-refractivity contribution is 5.89. The lowest BCUT2D eigenvalue weighted by atomic mass is 10.1. The smallest absolute Gasteiger partial charge is 0.347 e. The molecule has 9 heteroatoms. The second-order valence-electron chi connectivity index (χ2n) is 10.4. The van der Waals surface area contributed by atoms with Gasteiger partial charge in [0.15, 0.2) is 17.5 Å². The molecule has 1 atom stereocenters. The third-order valence-electron chi connectivity index (χ3n) is 6.58. The zero-order valence-corrected chi connectivity index (χ0v) is 23.6. The molecule has 3 aromatic rings. The lowest BCUT2D eigenvalue weighted by Crippen LogP contribution is -2.37. The van der Waals surface area contributed by atoms with Gasteiger partial charge in [-0.1, -0.05) is 56.5 Å². The van der Waals surface area contributed by atoms with Crippen molar-refractivity contribution in [3.63, 3.8) is 0 Å². The zero-order valence-electron chi connectivity index (χ0n) is 23.6. The van der Waals surface area contributed by atoms with E-state index < -0.39 is 23.6 Å². The third kappa shape index (κ3) is 7.37. The van der Waals surface area contributed by atoms with Crippen LogP contribution in [-0.2, 0) is 16.1 Å². The van der Waals surface area contributed by atoms with Gasteiger partial charge in [-0.3, -0.25) is 4.57 Å². The van der Waals surface area contributed by atoms with Crippen molar-refractivity contribution in [3.8, 4) is 5.75 Å². The zero-order chi connectivity index (χ0) is 28.7. The number of rotatable bonds is 13. The largest absolute Gasteiger partial charge is 0.478 e. The fourth-order valence-corrected chi connectivity index (χ4v) is 4.37. The minimum Gasteiger partial charge on any atom is -0.478 e. The van der Waals surface area contributed by atoms with Crippen molar-refractivity contribution in [2.45, 2.75) is 91.5 Å². The van der Waals surface area contributed by atoms with Crippen LogP contribution in [0.15, 0.2) is 53.3 Å². The summed E-state index contributed by atoms with van der Waals surface area (Å²) in [5.74, 6) is -0.952. The molecule has 0 spiro atoms. The Bertz CT molecular complexity index is 1320. The SMILES string of the molecule is CCCC(CCC)n1c(C(C)OC(=O)c2ccc(OC(C)(C)C(=O)O)cc2)nn(Cc2ccc(C)cc2)c1=O. The van der Waals surface area contributed by atoms with Crippen LogP contribution in [0.25, 0.3) is 0 Å². The summed E-state index contributed by atoms with van der Waals surface area (Å²) in [5, 5.41) is 13.9. The van der Waals surface area contributed by atoms with Crippen molar-refractivity contribution < 1.29 is 24.2 Å². The number of aromatic nitrogens is 3. The Morgan fingerprint density at radius 2 is 1.59 bits per heavy atom. The summed E-state index contributed by atoms with van der Waals surface area (Å²) in [5.41, 5.74) is 0.732. The molecule has 1 aromatic heterocycles. The van der Waals surface area contributed by atoms with Gasteiger partial charge in [-0.2, -0.15) is 5.10 Å². The van der Waals surface area contributed by atoms with Crippen LogP contribution in [0.2, 0.25) is 0 Å². The van der Waals surface area contributed by atoms with Gasteiger partial charge >= 0.3 is 17.6 Å². The number of aliphatic carboxylic acids is 1. The quantitative estimate of drug-likeness (QED) is 0.278. The van der Waals surface area contributed by atoms with E-state index in [0.29, 0.717) is 18.1 Å². The number of carbonyl (C=O) groups is 2. The lowest BCUT2D eigenvalue weighted by Gasteiger charge is -2.22. The van der Waals surface area contributed by atoms with Crippen molar-refractivity contribution >= 4 is 11.9 Å². The van der Waals surface area contributed by atoms with Crippen molar-refractivity contribution in [1.29, 1.82) is 0 Å². The summed E-state index contributed by atoms with van der Waals surface area (Å²) in [7, 11) is 0. The Morgan fingerprint density at radius 1 is 1.00 bits per heavy atom. The standard InChI is InChI=1S/C30H39N3O6/c1-7-9-24(10-8-2)33-26(31-32(29(33)37)19-22-13-11-20(3)12-14-22)21(4)38-27(34)23-15-17-25(18-16-23)39-30(5,6)28(35)36/h11-18,21,24H,7-10,19H2,1-6H3,(H,35,36). The molecule has 2 aromatic carbocycles.